The number of halogens is 3. The van der Waals surface area contributed by atoms with Crippen LogP contribution in [-0.4, -0.2) is 42.4 Å². The van der Waals surface area contributed by atoms with Crippen molar-refractivity contribution in [1.29, 1.82) is 0 Å². The van der Waals surface area contributed by atoms with E-state index in [1.165, 1.54) is 0 Å². The average molecular weight is 313 g/mol. The van der Waals surface area contributed by atoms with E-state index < -0.39 is 30.7 Å². The van der Waals surface area contributed by atoms with Crippen molar-refractivity contribution < 1.29 is 32.6 Å². The Labute approximate surface area is 121 Å². The lowest BCUT2D eigenvalue weighted by molar-refractivity contribution is -0.174. The Morgan fingerprint density at radius 1 is 1.24 bits per heavy atom. The third-order valence-corrected chi connectivity index (χ3v) is 2.38. The highest BCUT2D eigenvalue weighted by Crippen LogP contribution is 2.22. The monoisotopic (exact) mass is 313 g/mol. The molecular weight excluding hydrogens is 291 g/mol. The number of aliphatic carboxylic acids is 1. The number of carbonyl (C=O) groups excluding carboxylic acids is 1. The number of nitrogens with one attached hydrogen (secondary N) is 1. The zero-order chi connectivity index (χ0) is 16.7. The topological polar surface area (TPSA) is 75.6 Å². The van der Waals surface area contributed by atoms with Gasteiger partial charge < -0.3 is 15.2 Å². The van der Waals surface area contributed by atoms with E-state index in [2.05, 4.69) is 10.1 Å². The van der Waals surface area contributed by atoms with Gasteiger partial charge in [0.15, 0.2) is 0 Å². The fraction of sp³-hybridized carbons (Fsp3) is 0.846. The molecule has 0 fully saturated rings. The van der Waals surface area contributed by atoms with Crippen LogP contribution in [-0.2, 0) is 14.3 Å². The molecule has 5 nitrogen and oxygen atoms in total. The maximum atomic E-state index is 11.8. The fourth-order valence-electron chi connectivity index (χ4n) is 1.78. The van der Waals surface area contributed by atoms with Crippen molar-refractivity contribution in [2.45, 2.75) is 52.3 Å². The zero-order valence-corrected chi connectivity index (χ0v) is 12.4. The molecule has 0 aliphatic carbocycles. The number of carbonyl (C=O) groups is 2. The van der Waals surface area contributed by atoms with E-state index in [4.69, 9.17) is 5.11 Å². The highest BCUT2D eigenvalue weighted by atomic mass is 19.4. The normalized spacial score (nSPS) is 13.8. The Balaban J connectivity index is 4.18. The number of hydrogen-bond acceptors (Lipinski definition) is 3. The van der Waals surface area contributed by atoms with E-state index in [1.54, 1.807) is 0 Å². The van der Waals surface area contributed by atoms with Crippen LogP contribution in [0.1, 0.15) is 40.0 Å². The van der Waals surface area contributed by atoms with Gasteiger partial charge in [-0.25, -0.2) is 0 Å². The average Bonchev–Trinajstić information content (AvgIpc) is 2.19. The van der Waals surface area contributed by atoms with Gasteiger partial charge in [-0.3, -0.25) is 9.59 Å². The maximum Gasteiger partial charge on any atom is 0.411 e. The summed E-state index contributed by atoms with van der Waals surface area (Å²) in [5, 5.41) is 11.3. The van der Waals surface area contributed by atoms with Crippen LogP contribution in [0.4, 0.5) is 13.2 Å². The van der Waals surface area contributed by atoms with E-state index in [1.807, 2.05) is 20.8 Å². The maximum absolute atomic E-state index is 11.8. The first-order valence-electron chi connectivity index (χ1n) is 6.55. The molecule has 0 aromatic heterocycles. The molecule has 0 aliphatic heterocycles. The summed E-state index contributed by atoms with van der Waals surface area (Å²) in [5.41, 5.74) is -0.180. The lowest BCUT2D eigenvalue weighted by atomic mass is 9.87. The van der Waals surface area contributed by atoms with Crippen LogP contribution < -0.4 is 5.32 Å². The molecule has 21 heavy (non-hydrogen) atoms. The Kier molecular flexibility index (Phi) is 7.70. The van der Waals surface area contributed by atoms with Crippen LogP contribution in [0, 0.1) is 5.41 Å². The quantitative estimate of drug-likeness (QED) is 0.675. The molecule has 0 aliphatic rings. The van der Waals surface area contributed by atoms with Crippen molar-refractivity contribution in [3.8, 4) is 0 Å². The van der Waals surface area contributed by atoms with Gasteiger partial charge in [0.1, 0.15) is 6.61 Å². The number of carboxylic acid groups (broad SMARTS) is 1. The minimum atomic E-state index is -4.42. The molecule has 1 amide bonds. The van der Waals surface area contributed by atoms with Gasteiger partial charge in [-0.05, 0) is 11.8 Å². The van der Waals surface area contributed by atoms with Gasteiger partial charge in [-0.15, -0.1) is 0 Å². The Bertz CT molecular complexity index is 350. The second-order valence-corrected chi connectivity index (χ2v) is 6.04. The van der Waals surface area contributed by atoms with Crippen LogP contribution in [0.2, 0.25) is 0 Å². The summed E-state index contributed by atoms with van der Waals surface area (Å²) in [6, 6.07) is -0.558. The van der Waals surface area contributed by atoms with Crippen molar-refractivity contribution >= 4 is 11.9 Å². The van der Waals surface area contributed by atoms with Crippen LogP contribution in [0.5, 0.6) is 0 Å². The lowest BCUT2D eigenvalue weighted by Gasteiger charge is -2.25. The highest BCUT2D eigenvalue weighted by molar-refractivity contribution is 5.77. The standard InChI is InChI=1S/C13H22F3NO4/c1-12(2,3)7-9(6-11(19)20)17-10(18)4-5-21-8-13(14,15)16/h9H,4-8H2,1-3H3,(H,17,18)(H,19,20). The van der Waals surface area contributed by atoms with Crippen molar-refractivity contribution in [2.24, 2.45) is 5.41 Å². The second kappa shape index (κ2) is 8.21. The van der Waals surface area contributed by atoms with Gasteiger partial charge in [0.05, 0.1) is 13.0 Å². The molecule has 2 N–H and O–H groups in total. The molecule has 0 heterocycles. The van der Waals surface area contributed by atoms with Gasteiger partial charge in [0, 0.05) is 12.5 Å². The van der Waals surface area contributed by atoms with Crippen molar-refractivity contribution in [2.75, 3.05) is 13.2 Å². The van der Waals surface area contributed by atoms with Gasteiger partial charge in [-0.2, -0.15) is 13.2 Å². The Morgan fingerprint density at radius 2 is 1.81 bits per heavy atom. The first-order chi connectivity index (χ1) is 9.39. The van der Waals surface area contributed by atoms with Crippen LogP contribution in [0.3, 0.4) is 0 Å². The Morgan fingerprint density at radius 3 is 2.24 bits per heavy atom. The largest absolute Gasteiger partial charge is 0.481 e. The lowest BCUT2D eigenvalue weighted by Crippen LogP contribution is -2.39. The molecule has 1 atom stereocenters. The summed E-state index contributed by atoms with van der Waals surface area (Å²) < 4.78 is 39.8. The summed E-state index contributed by atoms with van der Waals surface area (Å²) in [7, 11) is 0. The SMILES string of the molecule is CC(C)(C)CC(CC(=O)O)NC(=O)CCOCC(F)(F)F. The predicted octanol–water partition coefficient (Wildman–Crippen LogP) is 2.35. The molecule has 124 valence electrons. The van der Waals surface area contributed by atoms with Crippen LogP contribution in [0.15, 0.2) is 0 Å². The van der Waals surface area contributed by atoms with Gasteiger partial charge in [0.25, 0.3) is 0 Å². The molecule has 8 heteroatoms. The fourth-order valence-corrected chi connectivity index (χ4v) is 1.78. The van der Waals surface area contributed by atoms with E-state index in [0.29, 0.717) is 6.42 Å². The summed E-state index contributed by atoms with van der Waals surface area (Å²) in [6.45, 7) is 3.95. The molecule has 0 spiro atoms. The smallest absolute Gasteiger partial charge is 0.411 e. The summed E-state index contributed by atoms with van der Waals surface area (Å²) in [5.74, 6) is -1.56. The highest BCUT2D eigenvalue weighted by Gasteiger charge is 2.27. The zero-order valence-electron chi connectivity index (χ0n) is 12.4. The van der Waals surface area contributed by atoms with E-state index in [0.717, 1.165) is 0 Å². The molecule has 0 rings (SSSR count). The third kappa shape index (κ3) is 13.4. The number of amides is 1. The molecule has 0 bridgehead atoms. The molecule has 0 saturated heterocycles. The molecule has 0 saturated carbocycles. The van der Waals surface area contributed by atoms with E-state index in [9.17, 15) is 22.8 Å². The number of alkyl halides is 3. The van der Waals surface area contributed by atoms with Gasteiger partial charge in [-0.1, -0.05) is 20.8 Å². The summed E-state index contributed by atoms with van der Waals surface area (Å²) in [6.07, 6.45) is -4.44. The molecule has 1 unspecified atom stereocenters. The van der Waals surface area contributed by atoms with E-state index >= 15 is 0 Å². The minimum absolute atomic E-state index is 0.180. The minimum Gasteiger partial charge on any atom is -0.481 e. The number of carboxylic acids is 1. The third-order valence-electron chi connectivity index (χ3n) is 2.38. The van der Waals surface area contributed by atoms with Crippen LogP contribution in [0.25, 0.3) is 0 Å². The summed E-state index contributed by atoms with van der Waals surface area (Å²) in [4.78, 5) is 22.3. The molecule has 0 radical (unpaired) electrons. The number of hydrogen-bond donors (Lipinski definition) is 2. The van der Waals surface area contributed by atoms with Crippen molar-refractivity contribution in [3.63, 3.8) is 0 Å². The van der Waals surface area contributed by atoms with E-state index in [-0.39, 0.29) is 24.9 Å². The van der Waals surface area contributed by atoms with Gasteiger partial charge >= 0.3 is 12.1 Å². The predicted molar refractivity (Wildman–Crippen MR) is 69.7 cm³/mol. The van der Waals surface area contributed by atoms with Gasteiger partial charge in [0.2, 0.25) is 5.91 Å². The molecule has 0 aromatic carbocycles. The summed E-state index contributed by atoms with van der Waals surface area (Å²) >= 11 is 0. The van der Waals surface area contributed by atoms with Crippen LogP contribution >= 0.6 is 0 Å². The number of rotatable bonds is 8. The first-order valence-corrected chi connectivity index (χ1v) is 6.55. The molecule has 0 aromatic rings. The molecular formula is C13H22F3NO4. The Hall–Kier alpha value is -1.31. The number of ether oxygens (including phenoxy) is 1. The first kappa shape index (κ1) is 19.7. The second-order valence-electron chi connectivity index (χ2n) is 6.04. The van der Waals surface area contributed by atoms with Crippen molar-refractivity contribution in [1.82, 2.24) is 5.32 Å². The van der Waals surface area contributed by atoms with Crippen molar-refractivity contribution in [3.05, 3.63) is 0 Å².